The summed E-state index contributed by atoms with van der Waals surface area (Å²) < 4.78 is 0. The number of aliphatic carboxylic acids is 1. The molecule has 0 saturated heterocycles. The average molecular weight is 227 g/mol. The van der Waals surface area contributed by atoms with E-state index in [9.17, 15) is 4.79 Å². The lowest BCUT2D eigenvalue weighted by atomic mass is 10.1. The molecule has 0 aliphatic heterocycles. The second-order valence-corrected chi connectivity index (χ2v) is 4.15. The predicted molar refractivity (Wildman–Crippen MR) is 60.0 cm³/mol. The van der Waals surface area contributed by atoms with Crippen molar-refractivity contribution >= 4 is 23.4 Å². The molecule has 1 aromatic rings. The summed E-state index contributed by atoms with van der Waals surface area (Å²) in [5.74, 6) is -0.284. The minimum absolute atomic E-state index is 0.0187. The third-order valence-corrected chi connectivity index (χ3v) is 2.85. The molecule has 5 heteroatoms. The molecule has 0 saturated carbocycles. The summed E-state index contributed by atoms with van der Waals surface area (Å²) >= 11 is 1.45. The third kappa shape index (κ3) is 3.81. The van der Waals surface area contributed by atoms with Crippen LogP contribution in [0.4, 0.5) is 5.69 Å². The Bertz CT molecular complexity index is 355. The Kier molecular flexibility index (Phi) is 4.45. The largest absolute Gasteiger partial charge is 0.481 e. The van der Waals surface area contributed by atoms with Gasteiger partial charge in [-0.2, -0.15) is 0 Å². The van der Waals surface area contributed by atoms with E-state index in [-0.39, 0.29) is 13.0 Å². The van der Waals surface area contributed by atoms with Crippen LogP contribution < -0.4 is 5.73 Å². The lowest BCUT2D eigenvalue weighted by molar-refractivity contribution is -0.136. The molecule has 0 aliphatic rings. The maximum Gasteiger partial charge on any atom is 0.307 e. The van der Waals surface area contributed by atoms with Crippen LogP contribution in [-0.4, -0.2) is 28.5 Å². The number of rotatable bonds is 5. The highest BCUT2D eigenvalue weighted by Crippen LogP contribution is 2.25. The van der Waals surface area contributed by atoms with Gasteiger partial charge in [0.1, 0.15) is 0 Å². The summed E-state index contributed by atoms with van der Waals surface area (Å²) in [6, 6.07) is 5.19. The van der Waals surface area contributed by atoms with Gasteiger partial charge in [-0.3, -0.25) is 4.79 Å². The number of benzene rings is 1. The number of carboxylic acids is 1. The fraction of sp³-hybridized carbons (Fsp3) is 0.300. The summed E-state index contributed by atoms with van der Waals surface area (Å²) in [4.78, 5) is 11.3. The van der Waals surface area contributed by atoms with Crippen LogP contribution in [0.15, 0.2) is 23.1 Å². The van der Waals surface area contributed by atoms with E-state index in [4.69, 9.17) is 15.9 Å². The van der Waals surface area contributed by atoms with Gasteiger partial charge in [0.25, 0.3) is 0 Å². The number of hydrogen-bond donors (Lipinski definition) is 3. The summed E-state index contributed by atoms with van der Waals surface area (Å²) in [5.41, 5.74) is 6.99. The quantitative estimate of drug-likeness (QED) is 0.516. The van der Waals surface area contributed by atoms with Crippen molar-refractivity contribution in [2.24, 2.45) is 0 Å². The average Bonchev–Trinajstić information content (AvgIpc) is 2.15. The van der Waals surface area contributed by atoms with Crippen LogP contribution in [0.1, 0.15) is 5.56 Å². The first-order valence-electron chi connectivity index (χ1n) is 4.47. The Morgan fingerprint density at radius 1 is 1.47 bits per heavy atom. The number of nitrogens with two attached hydrogens (primary N) is 1. The van der Waals surface area contributed by atoms with Crippen molar-refractivity contribution in [2.75, 3.05) is 18.1 Å². The highest BCUT2D eigenvalue weighted by molar-refractivity contribution is 7.99. The molecular formula is C10H13NO3S. The van der Waals surface area contributed by atoms with Crippen molar-refractivity contribution in [3.63, 3.8) is 0 Å². The number of nitrogen functional groups attached to an aromatic ring is 1. The molecule has 0 bridgehead atoms. The molecule has 0 spiro atoms. The molecule has 0 amide bonds. The Morgan fingerprint density at radius 3 is 2.73 bits per heavy atom. The van der Waals surface area contributed by atoms with Crippen molar-refractivity contribution in [2.45, 2.75) is 11.3 Å². The van der Waals surface area contributed by atoms with E-state index in [1.54, 1.807) is 18.2 Å². The van der Waals surface area contributed by atoms with Gasteiger partial charge in [-0.1, -0.05) is 6.07 Å². The zero-order valence-corrected chi connectivity index (χ0v) is 8.96. The number of thioether (sulfide) groups is 1. The Labute approximate surface area is 92.1 Å². The van der Waals surface area contributed by atoms with Crippen LogP contribution in [0.5, 0.6) is 0 Å². The summed E-state index contributed by atoms with van der Waals surface area (Å²) in [5, 5.41) is 17.2. The number of anilines is 1. The molecule has 1 rings (SSSR count). The second-order valence-electron chi connectivity index (χ2n) is 3.01. The molecule has 1 aromatic carbocycles. The van der Waals surface area contributed by atoms with E-state index in [0.29, 0.717) is 17.0 Å². The normalized spacial score (nSPS) is 10.2. The minimum Gasteiger partial charge on any atom is -0.481 e. The van der Waals surface area contributed by atoms with E-state index in [1.165, 1.54) is 11.8 Å². The van der Waals surface area contributed by atoms with Crippen molar-refractivity contribution in [1.82, 2.24) is 0 Å². The molecule has 0 radical (unpaired) electrons. The predicted octanol–water partition coefficient (Wildman–Crippen LogP) is 0.980. The molecule has 0 atom stereocenters. The first-order chi connectivity index (χ1) is 7.13. The Hall–Kier alpha value is -1.20. The molecule has 0 unspecified atom stereocenters. The maximum absolute atomic E-state index is 10.5. The Morgan fingerprint density at radius 2 is 2.20 bits per heavy atom. The number of carboxylic acid groups (broad SMARTS) is 1. The molecule has 4 N–H and O–H groups in total. The topological polar surface area (TPSA) is 83.6 Å². The highest BCUT2D eigenvalue weighted by atomic mass is 32.2. The van der Waals surface area contributed by atoms with Gasteiger partial charge in [-0.05, 0) is 17.7 Å². The van der Waals surface area contributed by atoms with Gasteiger partial charge >= 0.3 is 5.97 Å². The lowest BCUT2D eigenvalue weighted by Crippen LogP contribution is -2.01. The number of aliphatic hydroxyl groups is 1. The van der Waals surface area contributed by atoms with Crippen molar-refractivity contribution in [3.05, 3.63) is 23.8 Å². The van der Waals surface area contributed by atoms with E-state index < -0.39 is 5.97 Å². The molecule has 82 valence electrons. The maximum atomic E-state index is 10.5. The molecule has 0 heterocycles. The van der Waals surface area contributed by atoms with Gasteiger partial charge in [-0.25, -0.2) is 0 Å². The van der Waals surface area contributed by atoms with Crippen molar-refractivity contribution < 1.29 is 15.0 Å². The van der Waals surface area contributed by atoms with Gasteiger partial charge in [0, 0.05) is 16.3 Å². The zero-order valence-electron chi connectivity index (χ0n) is 8.14. The van der Waals surface area contributed by atoms with Gasteiger partial charge in [0.05, 0.1) is 13.0 Å². The van der Waals surface area contributed by atoms with Gasteiger partial charge in [0.2, 0.25) is 0 Å². The van der Waals surface area contributed by atoms with Gasteiger partial charge < -0.3 is 15.9 Å². The van der Waals surface area contributed by atoms with E-state index >= 15 is 0 Å². The molecule has 0 aromatic heterocycles. The molecule has 0 aliphatic carbocycles. The number of carbonyl (C=O) groups is 1. The van der Waals surface area contributed by atoms with Crippen molar-refractivity contribution in [1.29, 1.82) is 0 Å². The van der Waals surface area contributed by atoms with Gasteiger partial charge in [0.15, 0.2) is 0 Å². The lowest BCUT2D eigenvalue weighted by Gasteiger charge is -2.06. The highest BCUT2D eigenvalue weighted by Gasteiger charge is 2.04. The summed E-state index contributed by atoms with van der Waals surface area (Å²) in [7, 11) is 0. The monoisotopic (exact) mass is 227 g/mol. The summed E-state index contributed by atoms with van der Waals surface area (Å²) in [6.07, 6.45) is -0.0187. The number of aliphatic hydroxyl groups excluding tert-OH is 1. The van der Waals surface area contributed by atoms with Crippen LogP contribution in [0.2, 0.25) is 0 Å². The van der Waals surface area contributed by atoms with E-state index in [1.807, 2.05) is 0 Å². The van der Waals surface area contributed by atoms with Crippen LogP contribution in [0.25, 0.3) is 0 Å². The molecular weight excluding hydrogens is 214 g/mol. The SMILES string of the molecule is Nc1cc(CC(=O)O)ccc1SCCO. The fourth-order valence-corrected chi connectivity index (χ4v) is 1.87. The van der Waals surface area contributed by atoms with Crippen LogP contribution in [-0.2, 0) is 11.2 Å². The van der Waals surface area contributed by atoms with Crippen molar-refractivity contribution in [3.8, 4) is 0 Å². The standard InChI is InChI=1S/C10H13NO3S/c11-8-5-7(6-10(13)14)1-2-9(8)15-4-3-12/h1-2,5,12H,3-4,6,11H2,(H,13,14). The number of hydrogen-bond acceptors (Lipinski definition) is 4. The first-order valence-corrected chi connectivity index (χ1v) is 5.46. The Balaban J connectivity index is 2.74. The smallest absolute Gasteiger partial charge is 0.307 e. The van der Waals surface area contributed by atoms with Gasteiger partial charge in [-0.15, -0.1) is 11.8 Å². The zero-order chi connectivity index (χ0) is 11.3. The first kappa shape index (κ1) is 11.9. The molecule has 15 heavy (non-hydrogen) atoms. The van der Waals surface area contributed by atoms with Crippen LogP contribution in [0.3, 0.4) is 0 Å². The fourth-order valence-electron chi connectivity index (χ4n) is 1.17. The van der Waals surface area contributed by atoms with E-state index in [0.717, 1.165) is 4.90 Å². The van der Waals surface area contributed by atoms with E-state index in [2.05, 4.69) is 0 Å². The second kappa shape index (κ2) is 5.63. The van der Waals surface area contributed by atoms with Crippen LogP contribution in [0, 0.1) is 0 Å². The molecule has 4 nitrogen and oxygen atoms in total. The summed E-state index contributed by atoms with van der Waals surface area (Å²) in [6.45, 7) is 0.0982. The molecule has 0 fully saturated rings. The third-order valence-electron chi connectivity index (χ3n) is 1.78. The minimum atomic E-state index is -0.870. The van der Waals surface area contributed by atoms with Crippen LogP contribution >= 0.6 is 11.8 Å².